The van der Waals surface area contributed by atoms with E-state index in [1.165, 1.54) is 44.9 Å². The molecule has 0 heterocycles. The zero-order chi connectivity index (χ0) is 18.2. The van der Waals surface area contributed by atoms with Crippen LogP contribution in [0.25, 0.3) is 0 Å². The zero-order valence-corrected chi connectivity index (χ0v) is 18.5. The average molecular weight is 351 g/mol. The van der Waals surface area contributed by atoms with Crippen molar-refractivity contribution in [1.29, 1.82) is 0 Å². The second kappa shape index (κ2) is 7.27. The standard InChI is InChI=1S/C22H42OSi/c1-9-10-12-17(2)18-14-15-19-20(13-11-16-22(18,19)6)23-24(7,8)21(3,4)5/h9,17-20H,1,10-16H2,2-8H3/t17?,18-,19+,20+,22-/m1/s1. The molecule has 1 nitrogen and oxygen atoms in total. The fourth-order valence-electron chi connectivity index (χ4n) is 5.37. The quantitative estimate of drug-likeness (QED) is 0.363. The Bertz CT molecular complexity index is 436. The summed E-state index contributed by atoms with van der Waals surface area (Å²) < 4.78 is 6.95. The van der Waals surface area contributed by atoms with Crippen molar-refractivity contribution in [2.24, 2.45) is 23.2 Å². The molecule has 2 aliphatic carbocycles. The van der Waals surface area contributed by atoms with E-state index in [1.54, 1.807) is 0 Å². The Hall–Kier alpha value is -0.0831. The Balaban J connectivity index is 2.13. The van der Waals surface area contributed by atoms with Crippen molar-refractivity contribution in [2.75, 3.05) is 0 Å². The molecule has 0 aliphatic heterocycles. The van der Waals surface area contributed by atoms with Gasteiger partial charge in [-0.15, -0.1) is 6.58 Å². The van der Waals surface area contributed by atoms with Gasteiger partial charge in [-0.2, -0.15) is 0 Å². The monoisotopic (exact) mass is 350 g/mol. The van der Waals surface area contributed by atoms with Crippen LogP contribution in [0.2, 0.25) is 18.1 Å². The molecule has 0 aromatic rings. The largest absolute Gasteiger partial charge is 0.414 e. The first kappa shape index (κ1) is 20.2. The van der Waals surface area contributed by atoms with Crippen molar-refractivity contribution in [2.45, 2.75) is 104 Å². The minimum absolute atomic E-state index is 0.316. The van der Waals surface area contributed by atoms with Gasteiger partial charge in [0, 0.05) is 6.10 Å². The summed E-state index contributed by atoms with van der Waals surface area (Å²) in [6.45, 7) is 21.0. The number of fused-ring (bicyclic) bond motifs is 1. The van der Waals surface area contributed by atoms with E-state index < -0.39 is 8.32 Å². The smallest absolute Gasteiger partial charge is 0.192 e. The molecule has 2 aliphatic rings. The molecule has 2 heteroatoms. The third-order valence-corrected chi connectivity index (χ3v) is 12.4. The second-order valence-corrected chi connectivity index (χ2v) is 15.2. The minimum Gasteiger partial charge on any atom is -0.414 e. The third-order valence-electron chi connectivity index (χ3n) is 7.90. The van der Waals surface area contributed by atoms with Crippen LogP contribution >= 0.6 is 0 Å². The lowest BCUT2D eigenvalue weighted by molar-refractivity contribution is -0.0209. The van der Waals surface area contributed by atoms with Crippen molar-refractivity contribution in [3.8, 4) is 0 Å². The maximum atomic E-state index is 6.95. The Kier molecular flexibility index (Phi) is 6.13. The fraction of sp³-hybridized carbons (Fsp3) is 0.909. The van der Waals surface area contributed by atoms with Gasteiger partial charge in [-0.25, -0.2) is 0 Å². The van der Waals surface area contributed by atoms with E-state index in [2.05, 4.69) is 60.4 Å². The number of hydrogen-bond donors (Lipinski definition) is 0. The van der Waals surface area contributed by atoms with E-state index in [0.717, 1.165) is 17.8 Å². The van der Waals surface area contributed by atoms with Gasteiger partial charge in [0.05, 0.1) is 0 Å². The molecule has 0 aromatic heterocycles. The molecule has 1 unspecified atom stereocenters. The van der Waals surface area contributed by atoms with Crippen molar-refractivity contribution < 1.29 is 4.43 Å². The summed E-state index contributed by atoms with van der Waals surface area (Å²) >= 11 is 0. The van der Waals surface area contributed by atoms with Gasteiger partial charge in [-0.3, -0.25) is 0 Å². The molecule has 0 saturated heterocycles. The molecular formula is C22H42OSi. The van der Waals surface area contributed by atoms with E-state index in [9.17, 15) is 0 Å². The van der Waals surface area contributed by atoms with E-state index in [-0.39, 0.29) is 0 Å². The van der Waals surface area contributed by atoms with Crippen molar-refractivity contribution >= 4 is 8.32 Å². The summed E-state index contributed by atoms with van der Waals surface area (Å²) in [5, 5.41) is 0.316. The predicted octanol–water partition coefficient (Wildman–Crippen LogP) is 7.20. The fourth-order valence-corrected chi connectivity index (χ4v) is 6.77. The van der Waals surface area contributed by atoms with E-state index in [1.807, 2.05) is 0 Å². The molecule has 0 N–H and O–H groups in total. The van der Waals surface area contributed by atoms with Gasteiger partial charge >= 0.3 is 0 Å². The van der Waals surface area contributed by atoms with Crippen LogP contribution in [-0.4, -0.2) is 14.4 Å². The van der Waals surface area contributed by atoms with E-state index in [0.29, 0.717) is 16.6 Å². The van der Waals surface area contributed by atoms with Crippen LogP contribution in [0.4, 0.5) is 0 Å². The highest BCUT2D eigenvalue weighted by atomic mass is 28.4. The molecule has 0 spiro atoms. The van der Waals surface area contributed by atoms with Gasteiger partial charge in [0.25, 0.3) is 0 Å². The Morgan fingerprint density at radius 3 is 2.50 bits per heavy atom. The maximum absolute atomic E-state index is 6.95. The molecule has 0 radical (unpaired) electrons. The summed E-state index contributed by atoms with van der Waals surface area (Å²) in [5.74, 6) is 2.49. The molecule has 0 aromatic carbocycles. The van der Waals surface area contributed by atoms with Crippen LogP contribution in [0.5, 0.6) is 0 Å². The average Bonchev–Trinajstić information content (AvgIpc) is 2.81. The Labute approximate surface area is 152 Å². The maximum Gasteiger partial charge on any atom is 0.192 e. The molecule has 24 heavy (non-hydrogen) atoms. The molecule has 0 amide bonds. The summed E-state index contributed by atoms with van der Waals surface area (Å²) in [6, 6.07) is 0. The van der Waals surface area contributed by atoms with E-state index in [4.69, 9.17) is 4.43 Å². The van der Waals surface area contributed by atoms with Crippen molar-refractivity contribution in [3.63, 3.8) is 0 Å². The van der Waals surface area contributed by atoms with Gasteiger partial charge in [-0.1, -0.05) is 47.1 Å². The SMILES string of the molecule is C=CCCC(C)[C@H]1CC[C@H]2[C@@H](O[Si](C)(C)C(C)(C)C)CCC[C@]12C. The lowest BCUT2D eigenvalue weighted by Crippen LogP contribution is -2.50. The van der Waals surface area contributed by atoms with Crippen LogP contribution in [-0.2, 0) is 4.43 Å². The number of hydrogen-bond acceptors (Lipinski definition) is 1. The minimum atomic E-state index is -1.67. The summed E-state index contributed by atoms with van der Waals surface area (Å²) in [4.78, 5) is 0. The first-order valence-electron chi connectivity index (χ1n) is 10.3. The second-order valence-electron chi connectivity index (χ2n) is 10.4. The highest BCUT2D eigenvalue weighted by Gasteiger charge is 2.54. The molecule has 2 rings (SSSR count). The molecular weight excluding hydrogens is 308 g/mol. The first-order chi connectivity index (χ1) is 11.0. The van der Waals surface area contributed by atoms with Gasteiger partial charge < -0.3 is 4.43 Å². The molecule has 140 valence electrons. The van der Waals surface area contributed by atoms with Crippen LogP contribution in [0.15, 0.2) is 12.7 Å². The molecule has 0 bridgehead atoms. The number of allylic oxidation sites excluding steroid dienone is 1. The molecule has 5 atom stereocenters. The van der Waals surface area contributed by atoms with Gasteiger partial charge in [-0.05, 0) is 79.8 Å². The van der Waals surface area contributed by atoms with Crippen LogP contribution in [0.3, 0.4) is 0 Å². The lowest BCUT2D eigenvalue weighted by atomic mass is 9.61. The zero-order valence-electron chi connectivity index (χ0n) is 17.5. The number of rotatable bonds is 6. The summed E-state index contributed by atoms with van der Waals surface area (Å²) in [6.07, 6.45) is 12.0. The highest BCUT2D eigenvalue weighted by Crippen LogP contribution is 2.59. The highest BCUT2D eigenvalue weighted by molar-refractivity contribution is 6.74. The molecule has 2 saturated carbocycles. The third kappa shape index (κ3) is 3.85. The summed E-state index contributed by atoms with van der Waals surface area (Å²) in [5.41, 5.74) is 0.506. The predicted molar refractivity (Wildman–Crippen MR) is 109 cm³/mol. The van der Waals surface area contributed by atoms with Crippen LogP contribution < -0.4 is 0 Å². The van der Waals surface area contributed by atoms with E-state index >= 15 is 0 Å². The van der Waals surface area contributed by atoms with Crippen molar-refractivity contribution in [3.05, 3.63) is 12.7 Å². The Morgan fingerprint density at radius 2 is 1.92 bits per heavy atom. The van der Waals surface area contributed by atoms with Gasteiger partial charge in [0.2, 0.25) is 0 Å². The van der Waals surface area contributed by atoms with Crippen molar-refractivity contribution in [1.82, 2.24) is 0 Å². The van der Waals surface area contributed by atoms with Gasteiger partial charge in [0.1, 0.15) is 0 Å². The lowest BCUT2D eigenvalue weighted by Gasteiger charge is -2.50. The molecule has 2 fully saturated rings. The topological polar surface area (TPSA) is 9.23 Å². The normalized spacial score (nSPS) is 35.5. The summed E-state index contributed by atoms with van der Waals surface area (Å²) in [7, 11) is -1.67. The van der Waals surface area contributed by atoms with Crippen LogP contribution in [0.1, 0.15) is 79.6 Å². The van der Waals surface area contributed by atoms with Gasteiger partial charge in [0.15, 0.2) is 8.32 Å². The first-order valence-corrected chi connectivity index (χ1v) is 13.2. The Morgan fingerprint density at radius 1 is 1.25 bits per heavy atom. The van der Waals surface area contributed by atoms with Crippen LogP contribution in [0, 0.1) is 23.2 Å².